The summed E-state index contributed by atoms with van der Waals surface area (Å²) < 4.78 is 4.78. The minimum Gasteiger partial charge on any atom is -1.00 e. The number of benzene rings is 2. The number of para-hydroxylation sites is 4. The average molecular weight is 749 g/mol. The van der Waals surface area contributed by atoms with E-state index < -0.39 is 0 Å². The Hall–Kier alpha value is -2.02. The zero-order valence-electron chi connectivity index (χ0n) is 28.9. The third-order valence-corrected chi connectivity index (χ3v) is 8.99. The van der Waals surface area contributed by atoms with Gasteiger partial charge in [0.25, 0.3) is 0 Å². The number of aryl methyl sites for hydroxylation is 2. The quantitative estimate of drug-likeness (QED) is 0.115. The van der Waals surface area contributed by atoms with E-state index in [2.05, 4.69) is 89.7 Å². The summed E-state index contributed by atoms with van der Waals surface area (Å²) in [6, 6.07) is 23.4. The van der Waals surface area contributed by atoms with E-state index in [0.29, 0.717) is 0 Å². The number of nitrogens with zero attached hydrogens (tertiary/aromatic N) is 5. The van der Waals surface area contributed by atoms with Crippen molar-refractivity contribution in [3.63, 3.8) is 0 Å². The van der Waals surface area contributed by atoms with Gasteiger partial charge in [-0.2, -0.15) is 0 Å². The molecule has 0 atom stereocenters. The Morgan fingerprint density at radius 2 is 0.771 bits per heavy atom. The van der Waals surface area contributed by atoms with Crippen molar-refractivity contribution in [2.75, 3.05) is 0 Å². The molecule has 9 heteroatoms. The van der Waals surface area contributed by atoms with Crippen molar-refractivity contribution in [2.24, 2.45) is 0 Å². The van der Waals surface area contributed by atoms with E-state index in [1.165, 1.54) is 101 Å². The number of pyridine rings is 1. The van der Waals surface area contributed by atoms with Crippen LogP contribution in [0.5, 0.6) is 0 Å². The van der Waals surface area contributed by atoms with Gasteiger partial charge in [0.15, 0.2) is 11.6 Å². The maximum atomic E-state index is 5.23. The van der Waals surface area contributed by atoms with Crippen LogP contribution in [-0.4, -0.2) is 24.1 Å². The molecule has 0 aliphatic carbocycles. The molecule has 0 aliphatic rings. The number of unbranched alkanes of at least 4 members (excludes halogenated alkanes) is 14. The molecule has 5 nitrogen and oxygen atoms in total. The van der Waals surface area contributed by atoms with E-state index in [-0.39, 0.29) is 55.8 Å². The third-order valence-electron chi connectivity index (χ3n) is 8.99. The van der Waals surface area contributed by atoms with Crippen LogP contribution in [0.3, 0.4) is 0 Å². The first-order chi connectivity index (χ1) is 21.8. The van der Waals surface area contributed by atoms with Gasteiger partial charge in [-0.1, -0.05) is 134 Å². The van der Waals surface area contributed by atoms with E-state index in [0.717, 1.165) is 60.0 Å². The number of halogens is 3. The van der Waals surface area contributed by atoms with Gasteiger partial charge in [-0.25, -0.2) is 15.0 Å². The summed E-state index contributed by atoms with van der Waals surface area (Å²) in [6.07, 6.45) is 21.0. The average Bonchev–Trinajstić information content (AvgIpc) is 3.62. The van der Waals surface area contributed by atoms with E-state index in [9.17, 15) is 0 Å². The molecule has 0 amide bonds. The van der Waals surface area contributed by atoms with Gasteiger partial charge in [-0.05, 0) is 49.2 Å². The molecule has 0 unspecified atom stereocenters. The van der Waals surface area contributed by atoms with E-state index >= 15 is 0 Å². The zero-order valence-corrected chi connectivity index (χ0v) is 32.6. The predicted octanol–water partition coefficient (Wildman–Crippen LogP) is 2.41. The third kappa shape index (κ3) is 12.1. The van der Waals surface area contributed by atoms with Gasteiger partial charge in [0, 0.05) is 13.1 Å². The Kier molecular flexibility index (Phi) is 22.2. The summed E-state index contributed by atoms with van der Waals surface area (Å²) in [5.74, 6) is 1.92. The largest absolute Gasteiger partial charge is 3.00 e. The Bertz CT molecular complexity index is 1470. The van der Waals surface area contributed by atoms with Crippen molar-refractivity contribution in [1.82, 2.24) is 24.1 Å². The molecule has 3 heterocycles. The summed E-state index contributed by atoms with van der Waals surface area (Å²) >= 11 is 0. The normalized spacial score (nSPS) is 10.7. The number of imidazole rings is 2. The van der Waals surface area contributed by atoms with Crippen molar-refractivity contribution in [2.45, 2.75) is 130 Å². The Balaban J connectivity index is 0.00000288. The molecular weight excluding hydrogens is 696 g/mol. The van der Waals surface area contributed by atoms with Crippen LogP contribution in [0.1, 0.15) is 117 Å². The number of fused-ring (bicyclic) bond motifs is 2. The van der Waals surface area contributed by atoms with Crippen LogP contribution in [0.4, 0.5) is 0 Å². The molecule has 5 aromatic rings. The van der Waals surface area contributed by atoms with Crippen LogP contribution in [0.15, 0.2) is 66.7 Å². The van der Waals surface area contributed by atoms with Crippen LogP contribution in [-0.2, 0) is 31.6 Å². The van der Waals surface area contributed by atoms with Gasteiger partial charge in [0.05, 0.1) is 22.1 Å². The first-order valence-electron chi connectivity index (χ1n) is 17.7. The van der Waals surface area contributed by atoms with Crippen molar-refractivity contribution < 1.29 is 55.8 Å². The van der Waals surface area contributed by atoms with Gasteiger partial charge in [-0.15, -0.1) is 0 Å². The molecule has 5 rings (SSSR count). The van der Waals surface area contributed by atoms with Crippen LogP contribution >= 0.6 is 0 Å². The second-order valence-electron chi connectivity index (χ2n) is 12.5. The SMILES string of the molecule is CCCCCCCCCCn1c(-c2cccc(-c3nc4ccccc4n3CCCCCCCCCC)n2)nc2ccccc21.[Cl-].[Cl-].[Cl-].[V+3]. The van der Waals surface area contributed by atoms with Gasteiger partial charge < -0.3 is 46.4 Å². The molecule has 260 valence electrons. The molecule has 0 fully saturated rings. The molecule has 3 aromatic heterocycles. The molecular formula is C39H53Cl3N5V. The molecule has 0 aliphatic heterocycles. The zero-order chi connectivity index (χ0) is 30.4. The van der Waals surface area contributed by atoms with E-state index in [1.807, 2.05) is 0 Å². The van der Waals surface area contributed by atoms with Crippen molar-refractivity contribution in [3.05, 3.63) is 66.7 Å². The van der Waals surface area contributed by atoms with Gasteiger partial charge in [-0.3, -0.25) is 0 Å². The minimum atomic E-state index is 0. The fourth-order valence-corrected chi connectivity index (χ4v) is 6.49. The van der Waals surface area contributed by atoms with Crippen molar-refractivity contribution in [3.8, 4) is 23.0 Å². The monoisotopic (exact) mass is 747 g/mol. The molecule has 2 aromatic carbocycles. The Labute approximate surface area is 319 Å². The molecule has 0 spiro atoms. The molecule has 0 radical (unpaired) electrons. The van der Waals surface area contributed by atoms with Crippen LogP contribution in [0.25, 0.3) is 45.1 Å². The molecule has 0 saturated carbocycles. The van der Waals surface area contributed by atoms with Gasteiger partial charge in [0.2, 0.25) is 0 Å². The Morgan fingerprint density at radius 3 is 1.17 bits per heavy atom. The summed E-state index contributed by atoms with van der Waals surface area (Å²) in [6.45, 7) is 6.50. The topological polar surface area (TPSA) is 48.5 Å². The minimum absolute atomic E-state index is 0. The maximum Gasteiger partial charge on any atom is 3.00 e. The summed E-state index contributed by atoms with van der Waals surface area (Å²) in [7, 11) is 0. The second kappa shape index (κ2) is 24.2. The van der Waals surface area contributed by atoms with Crippen molar-refractivity contribution in [1.29, 1.82) is 0 Å². The van der Waals surface area contributed by atoms with Crippen molar-refractivity contribution >= 4 is 22.1 Å². The number of aromatic nitrogens is 5. The molecule has 0 saturated heterocycles. The predicted molar refractivity (Wildman–Crippen MR) is 187 cm³/mol. The maximum absolute atomic E-state index is 5.23. The second-order valence-corrected chi connectivity index (χ2v) is 12.5. The first kappa shape index (κ1) is 44.0. The first-order valence-corrected chi connectivity index (χ1v) is 17.7. The smallest absolute Gasteiger partial charge is 1.00 e. The standard InChI is InChI=1S/C39H53N5.3ClH.V/c1-3-5-7-9-11-13-15-21-30-43-36-28-19-17-24-32(36)41-38(43)34-26-23-27-35(40-34)39-42-33-25-18-20-29-37(33)44(39)31-22-16-14-12-10-8-6-4-2;;;;/h17-20,23-29H,3-16,21-22,30-31H2,1-2H3;3*1H;/q;;;;+3/p-3. The fourth-order valence-electron chi connectivity index (χ4n) is 6.49. The number of hydrogen-bond acceptors (Lipinski definition) is 3. The summed E-state index contributed by atoms with van der Waals surface area (Å²) in [4.78, 5) is 15.4. The molecule has 0 bridgehead atoms. The van der Waals surface area contributed by atoms with E-state index in [1.54, 1.807) is 0 Å². The summed E-state index contributed by atoms with van der Waals surface area (Å²) in [5, 5.41) is 0. The molecule has 48 heavy (non-hydrogen) atoms. The molecule has 0 N–H and O–H groups in total. The number of hydrogen-bond donors (Lipinski definition) is 0. The van der Waals surface area contributed by atoms with Gasteiger partial charge in [0.1, 0.15) is 11.4 Å². The number of rotatable bonds is 20. The van der Waals surface area contributed by atoms with Gasteiger partial charge >= 0.3 is 18.6 Å². The Morgan fingerprint density at radius 1 is 0.417 bits per heavy atom. The summed E-state index contributed by atoms with van der Waals surface area (Å²) in [5.41, 5.74) is 6.31. The van der Waals surface area contributed by atoms with Crippen LogP contribution in [0, 0.1) is 0 Å². The van der Waals surface area contributed by atoms with E-state index in [4.69, 9.17) is 15.0 Å². The van der Waals surface area contributed by atoms with Crippen LogP contribution in [0.2, 0.25) is 0 Å². The fraction of sp³-hybridized carbons (Fsp3) is 0.513. The van der Waals surface area contributed by atoms with Crippen LogP contribution < -0.4 is 37.2 Å².